The molecule has 0 bridgehead atoms. The number of phenols is 1. The highest BCUT2D eigenvalue weighted by molar-refractivity contribution is 5.92. The maximum absolute atomic E-state index is 13.0. The van der Waals surface area contributed by atoms with E-state index in [1.165, 1.54) is 31.2 Å². The van der Waals surface area contributed by atoms with Gasteiger partial charge in [0.1, 0.15) is 11.4 Å². The number of hydrogen-bond acceptors (Lipinski definition) is 5. The van der Waals surface area contributed by atoms with Gasteiger partial charge in [-0.2, -0.15) is 13.2 Å². The van der Waals surface area contributed by atoms with E-state index in [9.17, 15) is 27.9 Å². The topological polar surface area (TPSA) is 78.9 Å². The summed E-state index contributed by atoms with van der Waals surface area (Å²) < 4.78 is 45.0. The third kappa shape index (κ3) is 5.66. The molecule has 198 valence electrons. The number of nitrogens with zero attached hydrogens (tertiary/aromatic N) is 1. The molecule has 0 radical (unpaired) electrons. The minimum atomic E-state index is -4.46. The van der Waals surface area contributed by atoms with Crippen LogP contribution in [0, 0.1) is 0 Å². The molecule has 6 nitrogen and oxygen atoms in total. The van der Waals surface area contributed by atoms with E-state index in [4.69, 9.17) is 4.74 Å². The molecular formula is C28H31F3N2O4. The molecular weight excluding hydrogens is 485 g/mol. The zero-order chi connectivity index (χ0) is 26.8. The molecule has 4 rings (SSSR count). The van der Waals surface area contributed by atoms with Crippen molar-refractivity contribution in [3.8, 4) is 5.75 Å². The summed E-state index contributed by atoms with van der Waals surface area (Å²) in [5.74, 6) is -0.689. The number of rotatable bonds is 5. The quantitative estimate of drug-likeness (QED) is 0.446. The molecule has 2 aromatic carbocycles. The van der Waals surface area contributed by atoms with E-state index in [-0.39, 0.29) is 23.3 Å². The minimum absolute atomic E-state index is 0.109. The largest absolute Gasteiger partial charge is 0.508 e. The van der Waals surface area contributed by atoms with Gasteiger partial charge < -0.3 is 20.1 Å². The van der Waals surface area contributed by atoms with E-state index < -0.39 is 28.7 Å². The Morgan fingerprint density at radius 1 is 1.16 bits per heavy atom. The van der Waals surface area contributed by atoms with Gasteiger partial charge in [-0.1, -0.05) is 24.3 Å². The van der Waals surface area contributed by atoms with Crippen LogP contribution in [0.1, 0.15) is 49.3 Å². The third-order valence-corrected chi connectivity index (χ3v) is 7.53. The molecule has 2 aliphatic rings. The van der Waals surface area contributed by atoms with Gasteiger partial charge in [0.2, 0.25) is 5.91 Å². The minimum Gasteiger partial charge on any atom is -0.508 e. The molecule has 1 saturated heterocycles. The number of likely N-dealkylation sites (N-methyl/N-ethyl adjacent to an activating group) is 1. The second-order valence-electron chi connectivity index (χ2n) is 10.1. The lowest BCUT2D eigenvalue weighted by Crippen LogP contribution is -2.68. The Morgan fingerprint density at radius 3 is 2.62 bits per heavy atom. The highest BCUT2D eigenvalue weighted by atomic mass is 19.4. The fourth-order valence-corrected chi connectivity index (χ4v) is 5.96. The summed E-state index contributed by atoms with van der Waals surface area (Å²) in [4.78, 5) is 27.1. The fourth-order valence-electron chi connectivity index (χ4n) is 5.96. The monoisotopic (exact) mass is 516 g/mol. The average Bonchev–Trinajstić information content (AvgIpc) is 2.82. The lowest BCUT2D eigenvalue weighted by molar-refractivity contribution is -0.185. The SMILES string of the molecule is CC(=O)OC12CCC(NC(=O)/C=C/c3cccc(C(F)(F)F)c3)CC1(c1cccc(O)c1)CCN(C)C2. The molecule has 1 saturated carbocycles. The molecule has 3 atom stereocenters. The lowest BCUT2D eigenvalue weighted by Gasteiger charge is -2.59. The van der Waals surface area contributed by atoms with Crippen LogP contribution in [0.5, 0.6) is 5.75 Å². The summed E-state index contributed by atoms with van der Waals surface area (Å²) in [5.41, 5.74) is -1.12. The number of ether oxygens (including phenoxy) is 1. The number of amides is 1. The van der Waals surface area contributed by atoms with Crippen LogP contribution in [0.15, 0.2) is 54.6 Å². The molecule has 2 aromatic rings. The Labute approximate surface area is 214 Å². The summed E-state index contributed by atoms with van der Waals surface area (Å²) in [5, 5.41) is 13.2. The number of nitrogens with one attached hydrogen (secondary N) is 1. The van der Waals surface area contributed by atoms with Crippen LogP contribution in [-0.4, -0.2) is 53.7 Å². The molecule has 2 N–H and O–H groups in total. The van der Waals surface area contributed by atoms with E-state index in [0.29, 0.717) is 32.2 Å². The number of carbonyl (C=O) groups is 2. The first-order chi connectivity index (χ1) is 17.4. The Bertz CT molecular complexity index is 1200. The number of fused-ring (bicyclic) bond motifs is 1. The Balaban J connectivity index is 1.58. The number of esters is 1. The second-order valence-corrected chi connectivity index (χ2v) is 10.1. The predicted molar refractivity (Wildman–Crippen MR) is 133 cm³/mol. The molecule has 0 spiro atoms. The molecule has 3 unspecified atom stereocenters. The number of piperidine rings is 1. The van der Waals surface area contributed by atoms with Crippen LogP contribution in [0.3, 0.4) is 0 Å². The van der Waals surface area contributed by atoms with Crippen molar-refractivity contribution in [2.75, 3.05) is 20.1 Å². The number of hydrogen-bond donors (Lipinski definition) is 2. The van der Waals surface area contributed by atoms with Crippen molar-refractivity contribution in [3.63, 3.8) is 0 Å². The van der Waals surface area contributed by atoms with Crippen LogP contribution >= 0.6 is 0 Å². The molecule has 1 amide bonds. The van der Waals surface area contributed by atoms with Crippen molar-refractivity contribution in [1.29, 1.82) is 0 Å². The van der Waals surface area contributed by atoms with Crippen LogP contribution < -0.4 is 5.32 Å². The van der Waals surface area contributed by atoms with Gasteiger partial charge in [0.15, 0.2) is 0 Å². The maximum Gasteiger partial charge on any atom is 0.416 e. The highest BCUT2D eigenvalue weighted by Gasteiger charge is 2.60. The molecule has 37 heavy (non-hydrogen) atoms. The highest BCUT2D eigenvalue weighted by Crippen LogP contribution is 2.53. The number of phenolic OH excluding ortho intramolecular Hbond substituents is 1. The molecule has 0 aromatic heterocycles. The van der Waals surface area contributed by atoms with Crippen molar-refractivity contribution in [2.45, 2.75) is 55.8 Å². The molecule has 9 heteroatoms. The van der Waals surface area contributed by atoms with Gasteiger partial charge in [-0.05, 0) is 80.7 Å². The van der Waals surface area contributed by atoms with Crippen LogP contribution in [0.25, 0.3) is 6.08 Å². The van der Waals surface area contributed by atoms with Gasteiger partial charge in [0, 0.05) is 31.0 Å². The van der Waals surface area contributed by atoms with Crippen molar-refractivity contribution in [3.05, 3.63) is 71.3 Å². The summed E-state index contributed by atoms with van der Waals surface area (Å²) >= 11 is 0. The number of alkyl halides is 3. The van der Waals surface area contributed by atoms with Crippen molar-refractivity contribution < 1.29 is 32.6 Å². The van der Waals surface area contributed by atoms with Crippen molar-refractivity contribution in [1.82, 2.24) is 10.2 Å². The number of likely N-dealkylation sites (tertiary alicyclic amines) is 1. The summed E-state index contributed by atoms with van der Waals surface area (Å²) in [6.07, 6.45) is 0.347. The fraction of sp³-hybridized carbons (Fsp3) is 0.429. The summed E-state index contributed by atoms with van der Waals surface area (Å²) in [6.45, 7) is 2.66. The third-order valence-electron chi connectivity index (χ3n) is 7.53. The average molecular weight is 517 g/mol. The standard InChI is InChI=1S/C28H31F3N2O4/c1-19(34)37-27-12-11-23(32-25(36)10-9-20-5-3-7-22(15-20)28(29,30)31)17-26(27,13-14-33(2)18-27)21-6-4-8-24(35)16-21/h3-10,15-16,23,35H,11-14,17-18H2,1-2H3,(H,32,36)/b10-9+. The van der Waals surface area contributed by atoms with Crippen molar-refractivity contribution in [2.24, 2.45) is 0 Å². The van der Waals surface area contributed by atoms with E-state index in [0.717, 1.165) is 24.2 Å². The van der Waals surface area contributed by atoms with Crippen LogP contribution in [-0.2, 0) is 25.9 Å². The van der Waals surface area contributed by atoms with Crippen LogP contribution in [0.2, 0.25) is 0 Å². The number of aromatic hydroxyl groups is 1. The number of halogens is 3. The predicted octanol–water partition coefficient (Wildman–Crippen LogP) is 4.67. The number of carbonyl (C=O) groups excluding carboxylic acids is 2. The molecule has 1 aliphatic carbocycles. The zero-order valence-electron chi connectivity index (χ0n) is 20.8. The smallest absolute Gasteiger partial charge is 0.416 e. The Hall–Kier alpha value is -3.33. The maximum atomic E-state index is 13.0. The van der Waals surface area contributed by atoms with E-state index in [2.05, 4.69) is 10.2 Å². The van der Waals surface area contributed by atoms with Gasteiger partial charge in [-0.25, -0.2) is 0 Å². The van der Waals surface area contributed by atoms with Gasteiger partial charge >= 0.3 is 12.1 Å². The Morgan fingerprint density at radius 2 is 1.92 bits per heavy atom. The Kier molecular flexibility index (Phi) is 7.37. The molecule has 2 fully saturated rings. The van der Waals surface area contributed by atoms with E-state index in [1.54, 1.807) is 18.2 Å². The normalized spacial score (nSPS) is 26.5. The van der Waals surface area contributed by atoms with E-state index in [1.807, 2.05) is 13.1 Å². The first-order valence-corrected chi connectivity index (χ1v) is 12.3. The first-order valence-electron chi connectivity index (χ1n) is 12.3. The molecule has 1 aliphatic heterocycles. The van der Waals surface area contributed by atoms with Gasteiger partial charge in [-0.15, -0.1) is 0 Å². The van der Waals surface area contributed by atoms with Crippen molar-refractivity contribution >= 4 is 18.0 Å². The van der Waals surface area contributed by atoms with Gasteiger partial charge in [0.25, 0.3) is 0 Å². The first kappa shape index (κ1) is 26.7. The second kappa shape index (κ2) is 10.2. The van der Waals surface area contributed by atoms with Crippen LogP contribution in [0.4, 0.5) is 13.2 Å². The zero-order valence-corrected chi connectivity index (χ0v) is 20.8. The summed E-state index contributed by atoms with van der Waals surface area (Å²) in [7, 11) is 1.98. The lowest BCUT2D eigenvalue weighted by atomic mass is 9.55. The summed E-state index contributed by atoms with van der Waals surface area (Å²) in [6, 6.07) is 11.5. The molecule has 1 heterocycles. The van der Waals surface area contributed by atoms with E-state index >= 15 is 0 Å². The number of benzene rings is 2. The van der Waals surface area contributed by atoms with Gasteiger partial charge in [0.05, 0.1) is 5.56 Å². The van der Waals surface area contributed by atoms with Gasteiger partial charge in [-0.3, -0.25) is 9.59 Å².